The molecule has 0 spiro atoms. The third kappa shape index (κ3) is 2.66. The van der Waals surface area contributed by atoms with Gasteiger partial charge in [-0.25, -0.2) is 15.0 Å². The maximum Gasteiger partial charge on any atom is 0.179 e. The van der Waals surface area contributed by atoms with Crippen LogP contribution >= 0.6 is 0 Å². The van der Waals surface area contributed by atoms with E-state index in [0.717, 1.165) is 11.0 Å². The quantitative estimate of drug-likeness (QED) is 0.473. The molecule has 0 aliphatic rings. The minimum Gasteiger partial charge on any atom is -0.497 e. The Morgan fingerprint density at radius 1 is 0.969 bits per heavy atom. The molecule has 2 N–H and O–H groups in total. The summed E-state index contributed by atoms with van der Waals surface area (Å²) in [5.41, 5.74) is 10.2. The lowest BCUT2D eigenvalue weighted by atomic mass is 10.2. The molecule has 0 atom stereocenters. The number of para-hydroxylation sites is 2. The van der Waals surface area contributed by atoms with Gasteiger partial charge in [0.15, 0.2) is 17.0 Å². The zero-order valence-electron chi connectivity index (χ0n) is 17.2. The van der Waals surface area contributed by atoms with Gasteiger partial charge in [0.2, 0.25) is 0 Å². The Kier molecular flexibility index (Phi) is 4.24. The fourth-order valence-corrected chi connectivity index (χ4v) is 3.85. The first-order valence-corrected chi connectivity index (χ1v) is 9.65. The van der Waals surface area contributed by atoms with Gasteiger partial charge in [0.25, 0.3) is 0 Å². The van der Waals surface area contributed by atoms with Crippen molar-refractivity contribution in [1.82, 2.24) is 24.1 Å². The lowest BCUT2D eigenvalue weighted by Gasteiger charge is -2.09. The standard InChI is InChI=1S/C23H16N8O/c1-30-18-9-4-3-8-15(18)28-22(30)19-20-23(29-17(12-25)16(11-24)27-20)31(21(19)26)13-6-5-7-14(10-13)32-2/h3-10H,26H2,1-2H3. The Hall–Kier alpha value is -4.89. The summed E-state index contributed by atoms with van der Waals surface area (Å²) in [4.78, 5) is 13.7. The number of aromatic nitrogens is 5. The molecule has 2 aromatic carbocycles. The van der Waals surface area contributed by atoms with E-state index in [0.29, 0.717) is 39.8 Å². The molecule has 3 aromatic heterocycles. The molecule has 5 aromatic rings. The third-order valence-corrected chi connectivity index (χ3v) is 5.36. The molecule has 154 valence electrons. The summed E-state index contributed by atoms with van der Waals surface area (Å²) in [6, 6.07) is 18.9. The lowest BCUT2D eigenvalue weighted by Crippen LogP contribution is -2.03. The molecule has 0 unspecified atom stereocenters. The zero-order valence-corrected chi connectivity index (χ0v) is 17.2. The van der Waals surface area contributed by atoms with Crippen molar-refractivity contribution in [1.29, 1.82) is 10.5 Å². The van der Waals surface area contributed by atoms with Crippen LogP contribution in [0.4, 0.5) is 5.82 Å². The number of methoxy groups -OCH3 is 1. The molecule has 3 heterocycles. The number of ether oxygens (including phenoxy) is 1. The van der Waals surface area contributed by atoms with E-state index in [2.05, 4.69) is 9.97 Å². The average Bonchev–Trinajstić information content (AvgIpc) is 3.30. The van der Waals surface area contributed by atoms with Gasteiger partial charge in [0.05, 0.1) is 29.4 Å². The maximum atomic E-state index is 9.52. The molecule has 9 heteroatoms. The van der Waals surface area contributed by atoms with Crippen LogP contribution < -0.4 is 10.5 Å². The van der Waals surface area contributed by atoms with E-state index in [9.17, 15) is 10.5 Å². The topological polar surface area (TPSA) is 131 Å². The number of fused-ring (bicyclic) bond motifs is 2. The Morgan fingerprint density at radius 2 is 1.72 bits per heavy atom. The van der Waals surface area contributed by atoms with E-state index in [4.69, 9.17) is 15.5 Å². The van der Waals surface area contributed by atoms with Crippen molar-refractivity contribution >= 4 is 28.0 Å². The number of anilines is 1. The maximum absolute atomic E-state index is 9.52. The van der Waals surface area contributed by atoms with E-state index in [1.54, 1.807) is 17.7 Å². The van der Waals surface area contributed by atoms with E-state index >= 15 is 0 Å². The van der Waals surface area contributed by atoms with Crippen molar-refractivity contribution in [3.63, 3.8) is 0 Å². The first-order valence-electron chi connectivity index (χ1n) is 9.65. The zero-order chi connectivity index (χ0) is 22.4. The van der Waals surface area contributed by atoms with Crippen LogP contribution in [0.15, 0.2) is 48.5 Å². The van der Waals surface area contributed by atoms with Crippen molar-refractivity contribution in [3.05, 3.63) is 59.9 Å². The smallest absolute Gasteiger partial charge is 0.179 e. The van der Waals surface area contributed by atoms with Crippen LogP contribution in [0, 0.1) is 22.7 Å². The van der Waals surface area contributed by atoms with E-state index in [-0.39, 0.29) is 11.4 Å². The summed E-state index contributed by atoms with van der Waals surface area (Å²) in [5, 5.41) is 19.0. The second-order valence-electron chi connectivity index (χ2n) is 7.10. The molecule has 0 bridgehead atoms. The molecule has 0 aliphatic heterocycles. The predicted molar refractivity (Wildman–Crippen MR) is 119 cm³/mol. The van der Waals surface area contributed by atoms with Crippen LogP contribution in [0.3, 0.4) is 0 Å². The first kappa shape index (κ1) is 19.1. The summed E-state index contributed by atoms with van der Waals surface area (Å²) in [5.74, 6) is 1.55. The molecule has 5 rings (SSSR count). The van der Waals surface area contributed by atoms with Gasteiger partial charge in [-0.05, 0) is 24.3 Å². The van der Waals surface area contributed by atoms with Gasteiger partial charge >= 0.3 is 0 Å². The molecule has 0 amide bonds. The molecular weight excluding hydrogens is 404 g/mol. The number of nitrogens with two attached hydrogens (primary N) is 1. The highest BCUT2D eigenvalue weighted by molar-refractivity contribution is 6.00. The van der Waals surface area contributed by atoms with Gasteiger partial charge in [0.1, 0.15) is 35.0 Å². The minimum atomic E-state index is -0.0711. The number of benzene rings is 2. The molecule has 0 radical (unpaired) electrons. The van der Waals surface area contributed by atoms with Crippen LogP contribution in [0.5, 0.6) is 5.75 Å². The Morgan fingerprint density at radius 3 is 2.44 bits per heavy atom. The fraction of sp³-hybridized carbons (Fsp3) is 0.0870. The monoisotopic (exact) mass is 420 g/mol. The SMILES string of the molecule is COc1cccc(-n2c(N)c(-c3nc4ccccc4n3C)c3nc(C#N)c(C#N)nc32)c1. The van der Waals surface area contributed by atoms with Crippen molar-refractivity contribution in [2.24, 2.45) is 7.05 Å². The summed E-state index contributed by atoms with van der Waals surface area (Å²) in [6.45, 7) is 0. The highest BCUT2D eigenvalue weighted by Gasteiger charge is 2.26. The number of rotatable bonds is 3. The Balaban J connectivity index is 1.93. The molecular formula is C23H16N8O. The van der Waals surface area contributed by atoms with Crippen LogP contribution in [0.1, 0.15) is 11.4 Å². The molecule has 0 fully saturated rings. The third-order valence-electron chi connectivity index (χ3n) is 5.36. The predicted octanol–water partition coefficient (Wildman–Crippen LogP) is 3.31. The van der Waals surface area contributed by atoms with Gasteiger partial charge in [-0.15, -0.1) is 0 Å². The van der Waals surface area contributed by atoms with Crippen molar-refractivity contribution in [2.45, 2.75) is 0 Å². The van der Waals surface area contributed by atoms with Gasteiger partial charge < -0.3 is 15.0 Å². The van der Waals surface area contributed by atoms with Crippen LogP contribution in [-0.2, 0) is 7.05 Å². The van der Waals surface area contributed by atoms with Crippen molar-refractivity contribution in [2.75, 3.05) is 12.8 Å². The average molecular weight is 420 g/mol. The second kappa shape index (κ2) is 7.11. The Labute approximate surface area is 182 Å². The van der Waals surface area contributed by atoms with Gasteiger partial charge in [-0.2, -0.15) is 10.5 Å². The van der Waals surface area contributed by atoms with Crippen LogP contribution in [-0.4, -0.2) is 31.2 Å². The molecule has 32 heavy (non-hydrogen) atoms. The van der Waals surface area contributed by atoms with Gasteiger partial charge in [-0.3, -0.25) is 4.57 Å². The molecule has 0 saturated carbocycles. The lowest BCUT2D eigenvalue weighted by molar-refractivity contribution is 0.414. The van der Waals surface area contributed by atoms with Gasteiger partial charge in [0, 0.05) is 13.1 Å². The summed E-state index contributed by atoms with van der Waals surface area (Å²) in [6.07, 6.45) is 0. The number of aryl methyl sites for hydroxylation is 1. The number of hydrogen-bond donors (Lipinski definition) is 1. The van der Waals surface area contributed by atoms with Crippen molar-refractivity contribution < 1.29 is 4.74 Å². The second-order valence-corrected chi connectivity index (χ2v) is 7.10. The molecule has 0 aliphatic carbocycles. The summed E-state index contributed by atoms with van der Waals surface area (Å²) < 4.78 is 8.97. The fourth-order valence-electron chi connectivity index (χ4n) is 3.85. The van der Waals surface area contributed by atoms with E-state index < -0.39 is 0 Å². The van der Waals surface area contributed by atoms with E-state index in [1.807, 2.05) is 66.2 Å². The largest absolute Gasteiger partial charge is 0.497 e. The Bertz CT molecular complexity index is 1610. The molecule has 9 nitrogen and oxygen atoms in total. The first-order chi connectivity index (χ1) is 15.6. The summed E-state index contributed by atoms with van der Waals surface area (Å²) in [7, 11) is 3.47. The highest BCUT2D eigenvalue weighted by atomic mass is 16.5. The van der Waals surface area contributed by atoms with Crippen LogP contribution in [0.2, 0.25) is 0 Å². The number of nitrogens with zero attached hydrogens (tertiary/aromatic N) is 7. The van der Waals surface area contributed by atoms with Crippen molar-refractivity contribution in [3.8, 4) is 35.0 Å². The summed E-state index contributed by atoms with van der Waals surface area (Å²) >= 11 is 0. The van der Waals surface area contributed by atoms with Crippen LogP contribution in [0.25, 0.3) is 39.3 Å². The molecule has 0 saturated heterocycles. The highest BCUT2D eigenvalue weighted by Crippen LogP contribution is 2.38. The number of nitrogen functional groups attached to an aromatic ring is 1. The minimum absolute atomic E-state index is 0.0668. The normalized spacial score (nSPS) is 10.9. The van der Waals surface area contributed by atoms with E-state index in [1.165, 1.54) is 0 Å². The number of hydrogen-bond acceptors (Lipinski definition) is 7. The number of nitriles is 2. The number of imidazole rings is 1. The van der Waals surface area contributed by atoms with Gasteiger partial charge in [-0.1, -0.05) is 18.2 Å².